The Kier molecular flexibility index (Phi) is 3.44. The Morgan fingerprint density at radius 3 is 2.61 bits per heavy atom. The summed E-state index contributed by atoms with van der Waals surface area (Å²) in [4.78, 5) is 23.0. The summed E-state index contributed by atoms with van der Waals surface area (Å²) in [5, 5.41) is 15.5. The molecule has 0 aliphatic carbocycles. The molecule has 2 aromatic heterocycles. The number of hydrogen-bond acceptors (Lipinski definition) is 5. The predicted molar refractivity (Wildman–Crippen MR) is 70.8 cm³/mol. The number of hydrogen-bond donors (Lipinski definition) is 2. The fourth-order valence-electron chi connectivity index (χ4n) is 1.47. The second-order valence-electron chi connectivity index (χ2n) is 3.70. The maximum absolute atomic E-state index is 12.0. The lowest BCUT2D eigenvalue weighted by Crippen LogP contribution is -2.13. The van der Waals surface area contributed by atoms with E-state index in [-0.39, 0.29) is 16.5 Å². The highest BCUT2D eigenvalue weighted by atomic mass is 32.1. The molecule has 0 bridgehead atoms. The number of carbonyl (C=O) groups is 2. The molecule has 2 rings (SSSR count). The van der Waals surface area contributed by atoms with Crippen LogP contribution in [0.4, 0.5) is 5.00 Å². The summed E-state index contributed by atoms with van der Waals surface area (Å²) >= 11 is 2.41. The highest BCUT2D eigenvalue weighted by Gasteiger charge is 2.20. The van der Waals surface area contributed by atoms with Crippen LogP contribution < -0.4 is 5.32 Å². The van der Waals surface area contributed by atoms with E-state index in [1.807, 2.05) is 12.3 Å². The Hall–Kier alpha value is -1.73. The minimum absolute atomic E-state index is 0.0567. The largest absolute Gasteiger partial charge is 0.478 e. The van der Waals surface area contributed by atoms with Crippen LogP contribution in [0.1, 0.15) is 32.0 Å². The van der Waals surface area contributed by atoms with Crippen LogP contribution in [0.3, 0.4) is 0 Å². The summed E-state index contributed by atoms with van der Waals surface area (Å²) in [5.41, 5.74) is 1.89. The first kappa shape index (κ1) is 12.7. The third-order valence-corrected chi connectivity index (χ3v) is 4.12. The number of rotatable bonds is 3. The number of carbonyl (C=O) groups excluding carboxylic acids is 1. The molecule has 0 saturated heterocycles. The van der Waals surface area contributed by atoms with E-state index in [0.29, 0.717) is 11.3 Å². The van der Waals surface area contributed by atoms with Crippen molar-refractivity contribution in [3.8, 4) is 0 Å². The van der Waals surface area contributed by atoms with Crippen LogP contribution in [0.15, 0.2) is 10.8 Å². The van der Waals surface area contributed by atoms with Crippen molar-refractivity contribution in [3.05, 3.63) is 33.1 Å². The maximum atomic E-state index is 12.0. The van der Waals surface area contributed by atoms with Gasteiger partial charge < -0.3 is 10.4 Å². The zero-order valence-corrected chi connectivity index (χ0v) is 11.3. The second kappa shape index (κ2) is 4.87. The van der Waals surface area contributed by atoms with Gasteiger partial charge in [-0.3, -0.25) is 4.79 Å². The number of aryl methyl sites for hydroxylation is 2. The number of aromatic nitrogens is 1. The molecule has 0 aliphatic rings. The average molecular weight is 282 g/mol. The minimum Gasteiger partial charge on any atom is -0.478 e. The van der Waals surface area contributed by atoms with Crippen LogP contribution in [0.2, 0.25) is 0 Å². The molecule has 2 heterocycles. The van der Waals surface area contributed by atoms with E-state index >= 15 is 0 Å². The molecule has 94 valence electrons. The van der Waals surface area contributed by atoms with Gasteiger partial charge in [0.2, 0.25) is 0 Å². The first-order valence-electron chi connectivity index (χ1n) is 5.04. The number of aromatic carboxylic acids is 1. The SMILES string of the molecule is Cc1cscc1C(=O)Nc1snc(C)c1C(=O)O. The van der Waals surface area contributed by atoms with Crippen LogP contribution in [0.5, 0.6) is 0 Å². The van der Waals surface area contributed by atoms with E-state index in [2.05, 4.69) is 9.69 Å². The summed E-state index contributed by atoms with van der Waals surface area (Å²) in [6.45, 7) is 3.44. The molecule has 1 amide bonds. The zero-order chi connectivity index (χ0) is 13.3. The summed E-state index contributed by atoms with van der Waals surface area (Å²) in [6, 6.07) is 0. The monoisotopic (exact) mass is 282 g/mol. The molecule has 0 radical (unpaired) electrons. The normalized spacial score (nSPS) is 10.3. The molecule has 0 aliphatic heterocycles. The molecular weight excluding hydrogens is 272 g/mol. The summed E-state index contributed by atoms with van der Waals surface area (Å²) in [5.74, 6) is -1.39. The standard InChI is InChI=1S/C11H10N2O3S2/c1-5-3-17-4-7(5)9(14)12-10-8(11(15)16)6(2)13-18-10/h3-4H,1-2H3,(H,12,14)(H,15,16). The van der Waals surface area contributed by atoms with Gasteiger partial charge in [0.05, 0.1) is 11.3 Å². The third-order valence-electron chi connectivity index (χ3n) is 2.40. The molecule has 2 aromatic rings. The Balaban J connectivity index is 2.28. The topological polar surface area (TPSA) is 79.3 Å². The van der Waals surface area contributed by atoms with Crippen LogP contribution in [0, 0.1) is 13.8 Å². The van der Waals surface area contributed by atoms with Gasteiger partial charge in [0.1, 0.15) is 10.6 Å². The van der Waals surface area contributed by atoms with Crippen molar-refractivity contribution in [2.24, 2.45) is 0 Å². The summed E-state index contributed by atoms with van der Waals surface area (Å²) in [7, 11) is 0. The molecule has 0 atom stereocenters. The molecule has 0 spiro atoms. The molecule has 0 aromatic carbocycles. The van der Waals surface area contributed by atoms with Crippen LogP contribution in [-0.4, -0.2) is 21.4 Å². The van der Waals surface area contributed by atoms with Gasteiger partial charge >= 0.3 is 5.97 Å². The van der Waals surface area contributed by atoms with Gasteiger partial charge in [0, 0.05) is 5.38 Å². The van der Waals surface area contributed by atoms with Gasteiger partial charge in [-0.2, -0.15) is 15.7 Å². The van der Waals surface area contributed by atoms with Crippen LogP contribution in [0.25, 0.3) is 0 Å². The van der Waals surface area contributed by atoms with Crippen LogP contribution >= 0.6 is 22.9 Å². The quantitative estimate of drug-likeness (QED) is 0.907. The van der Waals surface area contributed by atoms with Crippen molar-refractivity contribution in [1.82, 2.24) is 4.37 Å². The second-order valence-corrected chi connectivity index (χ2v) is 5.22. The smallest absolute Gasteiger partial charge is 0.340 e. The van der Waals surface area contributed by atoms with Crippen molar-refractivity contribution >= 4 is 39.7 Å². The summed E-state index contributed by atoms with van der Waals surface area (Å²) in [6.07, 6.45) is 0. The average Bonchev–Trinajstić information content (AvgIpc) is 2.85. The lowest BCUT2D eigenvalue weighted by Gasteiger charge is -2.03. The number of anilines is 1. The molecule has 0 fully saturated rings. The number of nitrogens with one attached hydrogen (secondary N) is 1. The van der Waals surface area contributed by atoms with E-state index in [1.54, 1.807) is 12.3 Å². The fraction of sp³-hybridized carbons (Fsp3) is 0.182. The van der Waals surface area contributed by atoms with Crippen molar-refractivity contribution in [2.45, 2.75) is 13.8 Å². The van der Waals surface area contributed by atoms with E-state index in [0.717, 1.165) is 17.1 Å². The van der Waals surface area contributed by atoms with E-state index in [4.69, 9.17) is 5.11 Å². The van der Waals surface area contributed by atoms with Gasteiger partial charge in [-0.1, -0.05) is 0 Å². The third kappa shape index (κ3) is 2.27. The molecular formula is C11H10N2O3S2. The zero-order valence-electron chi connectivity index (χ0n) is 9.68. The Morgan fingerprint density at radius 2 is 2.06 bits per heavy atom. The van der Waals surface area contributed by atoms with Crippen molar-refractivity contribution in [3.63, 3.8) is 0 Å². The number of carboxylic acid groups (broad SMARTS) is 1. The molecule has 18 heavy (non-hydrogen) atoms. The van der Waals surface area contributed by atoms with Crippen molar-refractivity contribution < 1.29 is 14.7 Å². The van der Waals surface area contributed by atoms with E-state index < -0.39 is 5.97 Å². The molecule has 5 nitrogen and oxygen atoms in total. The van der Waals surface area contributed by atoms with Gasteiger partial charge in [-0.25, -0.2) is 4.79 Å². The lowest BCUT2D eigenvalue weighted by atomic mass is 10.2. The molecule has 0 saturated carbocycles. The number of carboxylic acids is 1. The van der Waals surface area contributed by atoms with E-state index in [1.165, 1.54) is 11.3 Å². The first-order valence-corrected chi connectivity index (χ1v) is 6.76. The van der Waals surface area contributed by atoms with Crippen molar-refractivity contribution in [1.29, 1.82) is 0 Å². The highest BCUT2D eigenvalue weighted by Crippen LogP contribution is 2.25. The number of amides is 1. The fourth-order valence-corrected chi connectivity index (χ4v) is 3.08. The number of nitrogens with zero attached hydrogens (tertiary/aromatic N) is 1. The number of thiophene rings is 1. The van der Waals surface area contributed by atoms with Gasteiger partial charge in [-0.15, -0.1) is 0 Å². The van der Waals surface area contributed by atoms with Gasteiger partial charge in [0.25, 0.3) is 5.91 Å². The lowest BCUT2D eigenvalue weighted by molar-refractivity contribution is 0.0697. The molecule has 7 heteroatoms. The predicted octanol–water partition coefficient (Wildman–Crippen LogP) is 2.77. The first-order chi connectivity index (χ1) is 8.50. The van der Waals surface area contributed by atoms with Crippen molar-refractivity contribution in [2.75, 3.05) is 5.32 Å². The van der Waals surface area contributed by atoms with Crippen LogP contribution in [-0.2, 0) is 0 Å². The minimum atomic E-state index is -1.08. The van der Waals surface area contributed by atoms with Gasteiger partial charge in [0.15, 0.2) is 0 Å². The molecule has 0 unspecified atom stereocenters. The summed E-state index contributed by atoms with van der Waals surface area (Å²) < 4.78 is 3.94. The Bertz CT molecular complexity index is 616. The molecule has 2 N–H and O–H groups in total. The Labute approximate surface area is 111 Å². The Morgan fingerprint density at radius 1 is 1.33 bits per heavy atom. The maximum Gasteiger partial charge on any atom is 0.340 e. The van der Waals surface area contributed by atoms with E-state index in [9.17, 15) is 9.59 Å². The highest BCUT2D eigenvalue weighted by molar-refractivity contribution is 7.11. The van der Waals surface area contributed by atoms with Gasteiger partial charge in [-0.05, 0) is 36.3 Å².